The number of nitrogens with one attached hydrogen (secondary N) is 2. The number of halogens is 1. The summed E-state index contributed by atoms with van der Waals surface area (Å²) in [6, 6.07) is 21.9. The molecule has 3 aromatic carbocycles. The summed E-state index contributed by atoms with van der Waals surface area (Å²) in [5.41, 5.74) is 8.51. The summed E-state index contributed by atoms with van der Waals surface area (Å²) in [5.74, 6) is 0.415. The SMILES string of the molecule is COc1ccccc1-c1cccc(NC(=O)Nc2ccc(Oc3cccnc3C=CN)c(F)c2)c1. The normalized spacial score (nSPS) is 10.7. The Morgan fingerprint density at radius 2 is 1.69 bits per heavy atom. The van der Waals surface area contributed by atoms with E-state index in [2.05, 4.69) is 15.6 Å². The summed E-state index contributed by atoms with van der Waals surface area (Å²) in [6.07, 6.45) is 4.45. The lowest BCUT2D eigenvalue weighted by Crippen LogP contribution is -2.19. The van der Waals surface area contributed by atoms with Crippen LogP contribution in [0.2, 0.25) is 0 Å². The number of rotatable bonds is 7. The maximum Gasteiger partial charge on any atom is 0.323 e. The molecule has 4 aromatic rings. The summed E-state index contributed by atoms with van der Waals surface area (Å²) in [7, 11) is 1.61. The Morgan fingerprint density at radius 1 is 0.914 bits per heavy atom. The van der Waals surface area contributed by atoms with E-state index in [1.54, 1.807) is 37.6 Å². The topological polar surface area (TPSA) is 98.5 Å². The highest BCUT2D eigenvalue weighted by molar-refractivity contribution is 6.00. The molecule has 7 nitrogen and oxygen atoms in total. The van der Waals surface area contributed by atoms with Crippen molar-refractivity contribution in [3.63, 3.8) is 0 Å². The van der Waals surface area contributed by atoms with Gasteiger partial charge < -0.3 is 25.8 Å². The largest absolute Gasteiger partial charge is 0.496 e. The van der Waals surface area contributed by atoms with Crippen LogP contribution in [0.25, 0.3) is 17.2 Å². The Kier molecular flexibility index (Phi) is 7.22. The Balaban J connectivity index is 1.44. The van der Waals surface area contributed by atoms with Crippen LogP contribution in [-0.2, 0) is 0 Å². The molecule has 0 spiro atoms. The minimum absolute atomic E-state index is 0.0138. The molecule has 35 heavy (non-hydrogen) atoms. The molecule has 0 radical (unpaired) electrons. The van der Waals surface area contributed by atoms with Crippen molar-refractivity contribution in [2.75, 3.05) is 17.7 Å². The number of hydrogen-bond acceptors (Lipinski definition) is 5. The van der Waals surface area contributed by atoms with Gasteiger partial charge in [0.2, 0.25) is 0 Å². The number of aromatic nitrogens is 1. The second kappa shape index (κ2) is 10.8. The summed E-state index contributed by atoms with van der Waals surface area (Å²) >= 11 is 0. The lowest BCUT2D eigenvalue weighted by molar-refractivity contribution is 0.262. The standard InChI is InChI=1S/C27H23FN4O3/c1-34-24-9-3-2-8-21(24)18-6-4-7-19(16-18)31-27(33)32-20-11-12-25(22(28)17-20)35-26-10-5-15-30-23(26)13-14-29/h2-17H,29H2,1H3,(H2,31,32,33). The first-order valence-electron chi connectivity index (χ1n) is 10.7. The van der Waals surface area contributed by atoms with Gasteiger partial charge in [-0.1, -0.05) is 30.3 Å². The first-order valence-corrected chi connectivity index (χ1v) is 10.7. The molecule has 0 bridgehead atoms. The van der Waals surface area contributed by atoms with Crippen LogP contribution in [0.4, 0.5) is 20.6 Å². The number of anilines is 2. The van der Waals surface area contributed by atoms with Gasteiger partial charge in [-0.15, -0.1) is 0 Å². The molecule has 4 rings (SSSR count). The van der Waals surface area contributed by atoms with Crippen molar-refractivity contribution in [3.8, 4) is 28.4 Å². The van der Waals surface area contributed by atoms with E-state index in [-0.39, 0.29) is 11.4 Å². The first-order chi connectivity index (χ1) is 17.1. The zero-order chi connectivity index (χ0) is 24.6. The van der Waals surface area contributed by atoms with Crippen molar-refractivity contribution in [2.24, 2.45) is 5.73 Å². The Morgan fingerprint density at radius 3 is 2.46 bits per heavy atom. The first kappa shape index (κ1) is 23.3. The number of urea groups is 1. The minimum Gasteiger partial charge on any atom is -0.496 e. The molecule has 0 atom stereocenters. The zero-order valence-electron chi connectivity index (χ0n) is 18.9. The number of benzene rings is 3. The molecule has 0 fully saturated rings. The van der Waals surface area contributed by atoms with Crippen molar-refractivity contribution >= 4 is 23.5 Å². The van der Waals surface area contributed by atoms with E-state index in [1.807, 2.05) is 42.5 Å². The fourth-order valence-corrected chi connectivity index (χ4v) is 3.43. The van der Waals surface area contributed by atoms with Crippen LogP contribution in [0.15, 0.2) is 91.3 Å². The average Bonchev–Trinajstić information content (AvgIpc) is 2.87. The fraction of sp³-hybridized carbons (Fsp3) is 0.0370. The van der Waals surface area contributed by atoms with Crippen molar-refractivity contribution in [1.82, 2.24) is 4.98 Å². The minimum atomic E-state index is -0.646. The van der Waals surface area contributed by atoms with Gasteiger partial charge in [0, 0.05) is 29.2 Å². The highest BCUT2D eigenvalue weighted by atomic mass is 19.1. The fourth-order valence-electron chi connectivity index (χ4n) is 3.43. The molecular formula is C27H23FN4O3. The molecule has 0 aliphatic carbocycles. The Bertz CT molecular complexity index is 1370. The molecule has 0 saturated heterocycles. The van der Waals surface area contributed by atoms with Crippen LogP contribution in [0, 0.1) is 5.82 Å². The summed E-state index contributed by atoms with van der Waals surface area (Å²) < 4.78 is 25.7. The van der Waals surface area contributed by atoms with E-state index >= 15 is 0 Å². The van der Waals surface area contributed by atoms with Crippen molar-refractivity contribution in [3.05, 3.63) is 103 Å². The van der Waals surface area contributed by atoms with E-state index in [0.717, 1.165) is 16.9 Å². The van der Waals surface area contributed by atoms with Crippen LogP contribution in [0.1, 0.15) is 5.69 Å². The van der Waals surface area contributed by atoms with Crippen LogP contribution >= 0.6 is 0 Å². The van der Waals surface area contributed by atoms with Gasteiger partial charge in [0.15, 0.2) is 17.3 Å². The number of carbonyl (C=O) groups is 1. The lowest BCUT2D eigenvalue weighted by atomic mass is 10.0. The Hall–Kier alpha value is -4.85. The quantitative estimate of drug-likeness (QED) is 0.296. The summed E-state index contributed by atoms with van der Waals surface area (Å²) in [5, 5.41) is 5.39. The van der Waals surface area contributed by atoms with Gasteiger partial charge in [-0.05, 0) is 60.3 Å². The van der Waals surface area contributed by atoms with Gasteiger partial charge in [0.1, 0.15) is 11.4 Å². The number of hydrogen-bond donors (Lipinski definition) is 3. The summed E-state index contributed by atoms with van der Waals surface area (Å²) in [6.45, 7) is 0. The molecule has 2 amide bonds. The maximum atomic E-state index is 14.7. The predicted molar refractivity (Wildman–Crippen MR) is 135 cm³/mol. The van der Waals surface area contributed by atoms with Crippen molar-refractivity contribution in [1.29, 1.82) is 0 Å². The van der Waals surface area contributed by atoms with Crippen LogP contribution in [0.3, 0.4) is 0 Å². The second-order valence-corrected chi connectivity index (χ2v) is 7.35. The molecule has 0 unspecified atom stereocenters. The third-order valence-electron chi connectivity index (χ3n) is 5.00. The van der Waals surface area contributed by atoms with Gasteiger partial charge >= 0.3 is 6.03 Å². The third kappa shape index (κ3) is 5.75. The molecule has 1 heterocycles. The van der Waals surface area contributed by atoms with Gasteiger partial charge in [-0.2, -0.15) is 0 Å². The number of carbonyl (C=O) groups excluding carboxylic acids is 1. The number of para-hydroxylation sites is 1. The number of methoxy groups -OCH3 is 1. The number of nitrogens with zero attached hydrogens (tertiary/aromatic N) is 1. The number of nitrogens with two attached hydrogens (primary N) is 1. The molecule has 4 N–H and O–H groups in total. The monoisotopic (exact) mass is 470 g/mol. The molecular weight excluding hydrogens is 447 g/mol. The number of amides is 2. The zero-order valence-corrected chi connectivity index (χ0v) is 18.9. The van der Waals surface area contributed by atoms with Crippen LogP contribution in [0.5, 0.6) is 17.2 Å². The number of pyridine rings is 1. The van der Waals surface area contributed by atoms with E-state index < -0.39 is 11.8 Å². The van der Waals surface area contributed by atoms with Crippen LogP contribution < -0.4 is 25.8 Å². The molecule has 1 aromatic heterocycles. The number of ether oxygens (including phenoxy) is 2. The van der Waals surface area contributed by atoms with Crippen molar-refractivity contribution < 1.29 is 18.7 Å². The highest BCUT2D eigenvalue weighted by Gasteiger charge is 2.11. The van der Waals surface area contributed by atoms with Gasteiger partial charge in [-0.3, -0.25) is 4.98 Å². The average molecular weight is 471 g/mol. The highest BCUT2D eigenvalue weighted by Crippen LogP contribution is 2.31. The lowest BCUT2D eigenvalue weighted by Gasteiger charge is -2.12. The molecule has 0 saturated carbocycles. The second-order valence-electron chi connectivity index (χ2n) is 7.35. The smallest absolute Gasteiger partial charge is 0.323 e. The Labute approximate surface area is 202 Å². The van der Waals surface area contributed by atoms with Gasteiger partial charge in [-0.25, -0.2) is 9.18 Å². The van der Waals surface area contributed by atoms with E-state index in [0.29, 0.717) is 17.1 Å². The molecule has 8 heteroatoms. The predicted octanol–water partition coefficient (Wildman–Crippen LogP) is 6.26. The third-order valence-corrected chi connectivity index (χ3v) is 5.00. The molecule has 0 aliphatic heterocycles. The van der Waals surface area contributed by atoms with E-state index in [9.17, 15) is 9.18 Å². The maximum absolute atomic E-state index is 14.7. The molecule has 0 aliphatic rings. The van der Waals surface area contributed by atoms with E-state index in [1.165, 1.54) is 24.4 Å². The van der Waals surface area contributed by atoms with Crippen LogP contribution in [-0.4, -0.2) is 18.1 Å². The summed E-state index contributed by atoms with van der Waals surface area (Å²) in [4.78, 5) is 16.7. The van der Waals surface area contributed by atoms with E-state index in [4.69, 9.17) is 15.2 Å². The van der Waals surface area contributed by atoms with Crippen molar-refractivity contribution in [2.45, 2.75) is 0 Å². The van der Waals surface area contributed by atoms with Gasteiger partial charge in [0.05, 0.1) is 7.11 Å². The molecule has 176 valence electrons. The van der Waals surface area contributed by atoms with Gasteiger partial charge in [0.25, 0.3) is 0 Å².